The van der Waals surface area contributed by atoms with Crippen molar-refractivity contribution in [3.8, 4) is 5.75 Å². The molecule has 140 valence electrons. The van der Waals surface area contributed by atoms with Gasteiger partial charge in [0, 0.05) is 11.4 Å². The molecule has 1 saturated carbocycles. The Morgan fingerprint density at radius 3 is 2.58 bits per heavy atom. The van der Waals surface area contributed by atoms with E-state index in [1.54, 1.807) is 0 Å². The number of halogens is 5. The van der Waals surface area contributed by atoms with E-state index in [1.807, 2.05) is 0 Å². The molecular formula is C15H12ClF4N3O2S. The van der Waals surface area contributed by atoms with Crippen LogP contribution < -0.4 is 10.1 Å². The number of anilines is 1. The molecule has 1 aliphatic rings. The van der Waals surface area contributed by atoms with E-state index in [0.717, 1.165) is 6.92 Å². The average Bonchev–Trinajstić information content (AvgIpc) is 3.03. The predicted octanol–water partition coefficient (Wildman–Crippen LogP) is 4.38. The maximum Gasteiger partial charge on any atom is 0.322 e. The fourth-order valence-corrected chi connectivity index (χ4v) is 3.78. The normalized spacial score (nSPS) is 23.2. The quantitative estimate of drug-likeness (QED) is 0.761. The van der Waals surface area contributed by atoms with Crippen molar-refractivity contribution in [2.75, 3.05) is 12.4 Å². The van der Waals surface area contributed by atoms with Crippen molar-refractivity contribution in [3.05, 3.63) is 33.8 Å². The summed E-state index contributed by atoms with van der Waals surface area (Å²) in [6, 6.07) is 4.38. The highest BCUT2D eigenvalue weighted by molar-refractivity contribution is 7.15. The highest BCUT2D eigenvalue weighted by Gasteiger charge is 2.80. The second kappa shape index (κ2) is 6.05. The molecule has 2 aromatic rings. The Kier molecular flexibility index (Phi) is 4.39. The first-order valence-electron chi connectivity index (χ1n) is 7.26. The lowest BCUT2D eigenvalue weighted by Crippen LogP contribution is -2.67. The summed E-state index contributed by atoms with van der Waals surface area (Å²) in [6.45, 7) is 0.997. The molecule has 1 aromatic heterocycles. The molecule has 1 aliphatic carbocycles. The maximum atomic E-state index is 13.8. The monoisotopic (exact) mass is 409 g/mol. The van der Waals surface area contributed by atoms with E-state index < -0.39 is 29.6 Å². The van der Waals surface area contributed by atoms with E-state index in [2.05, 4.69) is 15.5 Å². The first-order valence-corrected chi connectivity index (χ1v) is 8.46. The Morgan fingerprint density at radius 2 is 2.00 bits per heavy atom. The molecule has 0 aliphatic heterocycles. The van der Waals surface area contributed by atoms with Crippen molar-refractivity contribution < 1.29 is 27.1 Å². The van der Waals surface area contributed by atoms with Crippen LogP contribution in [0.5, 0.6) is 5.75 Å². The van der Waals surface area contributed by atoms with Crippen LogP contribution in [0.2, 0.25) is 5.02 Å². The summed E-state index contributed by atoms with van der Waals surface area (Å²) in [7, 11) is 1.36. The number of nitrogens with zero attached hydrogens (tertiary/aromatic N) is 2. The van der Waals surface area contributed by atoms with Crippen molar-refractivity contribution in [2.45, 2.75) is 30.6 Å². The number of carbonyl (C=O) groups excluding carboxylic acids is 1. The molecule has 0 saturated heterocycles. The lowest BCUT2D eigenvalue weighted by molar-refractivity contribution is -0.323. The van der Waals surface area contributed by atoms with Gasteiger partial charge in [0.1, 0.15) is 10.8 Å². The molecule has 1 atom stereocenters. The second-order valence-corrected chi connectivity index (χ2v) is 7.41. The molecule has 3 rings (SSSR count). The predicted molar refractivity (Wildman–Crippen MR) is 87.7 cm³/mol. The summed E-state index contributed by atoms with van der Waals surface area (Å²) in [6.07, 6.45) is -1.04. The number of nitrogens with one attached hydrogen (secondary N) is 1. The van der Waals surface area contributed by atoms with Gasteiger partial charge in [0.05, 0.1) is 18.1 Å². The fourth-order valence-electron chi connectivity index (χ4n) is 2.69. The van der Waals surface area contributed by atoms with Crippen molar-refractivity contribution in [1.29, 1.82) is 0 Å². The molecule has 1 amide bonds. The Hall–Kier alpha value is -1.94. The van der Waals surface area contributed by atoms with Gasteiger partial charge in [0.15, 0.2) is 0 Å². The van der Waals surface area contributed by atoms with Gasteiger partial charge < -0.3 is 4.74 Å². The summed E-state index contributed by atoms with van der Waals surface area (Å²) in [4.78, 5) is 12.3. The van der Waals surface area contributed by atoms with Crippen LogP contribution >= 0.6 is 22.9 Å². The summed E-state index contributed by atoms with van der Waals surface area (Å²) in [5.74, 6) is -8.74. The molecule has 1 heterocycles. The smallest absolute Gasteiger partial charge is 0.322 e. The van der Waals surface area contributed by atoms with Crippen molar-refractivity contribution in [2.24, 2.45) is 0 Å². The third-order valence-electron chi connectivity index (χ3n) is 4.25. The van der Waals surface area contributed by atoms with Gasteiger partial charge >= 0.3 is 11.8 Å². The molecule has 0 radical (unpaired) electrons. The number of alkyl halides is 4. The SMILES string of the molecule is COc1ccc(Cl)cc1C(=O)Nc1nnc(C2(C)CC(F)(F)C2(F)F)s1. The van der Waals surface area contributed by atoms with Crippen molar-refractivity contribution in [3.63, 3.8) is 0 Å². The molecule has 26 heavy (non-hydrogen) atoms. The highest BCUT2D eigenvalue weighted by Crippen LogP contribution is 2.64. The van der Waals surface area contributed by atoms with Crippen LogP contribution in [-0.4, -0.2) is 35.1 Å². The van der Waals surface area contributed by atoms with Crippen LogP contribution in [-0.2, 0) is 5.41 Å². The molecule has 1 N–H and O–H groups in total. The van der Waals surface area contributed by atoms with Gasteiger partial charge in [-0.3, -0.25) is 10.1 Å². The van der Waals surface area contributed by atoms with Gasteiger partial charge in [-0.2, -0.15) is 17.6 Å². The third kappa shape index (κ3) is 2.71. The zero-order valence-electron chi connectivity index (χ0n) is 13.4. The second-order valence-electron chi connectivity index (χ2n) is 6.00. The lowest BCUT2D eigenvalue weighted by atomic mass is 9.64. The average molecular weight is 410 g/mol. The summed E-state index contributed by atoms with van der Waals surface area (Å²) in [5, 5.41) is 9.47. The van der Waals surface area contributed by atoms with E-state index in [-0.39, 0.29) is 26.5 Å². The van der Waals surface area contributed by atoms with Gasteiger partial charge in [0.2, 0.25) is 5.13 Å². The van der Waals surface area contributed by atoms with Gasteiger partial charge in [0.25, 0.3) is 5.91 Å². The van der Waals surface area contributed by atoms with E-state index >= 15 is 0 Å². The zero-order chi connectivity index (χ0) is 19.3. The number of carbonyl (C=O) groups is 1. The third-order valence-corrected chi connectivity index (χ3v) is 5.59. The number of aromatic nitrogens is 2. The minimum absolute atomic E-state index is 0.0979. The number of ether oxygens (including phenoxy) is 1. The summed E-state index contributed by atoms with van der Waals surface area (Å²) in [5.41, 5.74) is -2.03. The Bertz CT molecular complexity index is 876. The summed E-state index contributed by atoms with van der Waals surface area (Å²) < 4.78 is 59.0. The summed E-state index contributed by atoms with van der Waals surface area (Å²) >= 11 is 6.47. The molecule has 1 aromatic carbocycles. The largest absolute Gasteiger partial charge is 0.496 e. The number of benzene rings is 1. The highest BCUT2D eigenvalue weighted by atomic mass is 35.5. The van der Waals surface area contributed by atoms with Crippen molar-refractivity contribution >= 4 is 34.0 Å². The maximum absolute atomic E-state index is 13.8. The molecular weight excluding hydrogens is 398 g/mol. The van der Waals surface area contributed by atoms with Gasteiger partial charge in [-0.05, 0) is 25.1 Å². The van der Waals surface area contributed by atoms with Gasteiger partial charge in [-0.25, -0.2) is 0 Å². The van der Waals surface area contributed by atoms with E-state index in [9.17, 15) is 22.4 Å². The van der Waals surface area contributed by atoms with Gasteiger partial charge in [-0.15, -0.1) is 10.2 Å². The number of methoxy groups -OCH3 is 1. The van der Waals surface area contributed by atoms with E-state index in [0.29, 0.717) is 11.3 Å². The Morgan fingerprint density at radius 1 is 1.31 bits per heavy atom. The van der Waals surface area contributed by atoms with Crippen LogP contribution in [0.1, 0.15) is 28.7 Å². The van der Waals surface area contributed by atoms with Crippen LogP contribution in [0.25, 0.3) is 0 Å². The van der Waals surface area contributed by atoms with Crippen LogP contribution in [0.15, 0.2) is 18.2 Å². The van der Waals surface area contributed by atoms with Crippen LogP contribution in [0.4, 0.5) is 22.7 Å². The minimum Gasteiger partial charge on any atom is -0.496 e. The molecule has 1 unspecified atom stereocenters. The first-order chi connectivity index (χ1) is 12.0. The number of hydrogen-bond donors (Lipinski definition) is 1. The van der Waals surface area contributed by atoms with Gasteiger partial charge in [-0.1, -0.05) is 22.9 Å². The number of rotatable bonds is 4. The zero-order valence-corrected chi connectivity index (χ0v) is 15.0. The molecule has 0 bridgehead atoms. The van der Waals surface area contributed by atoms with Crippen LogP contribution in [0, 0.1) is 0 Å². The molecule has 0 spiro atoms. The number of amides is 1. The Balaban J connectivity index is 1.82. The molecule has 1 fully saturated rings. The standard InChI is InChI=1S/C15H12ClF4N3O2S/c1-13(6-14(17,18)15(13,19)20)11-22-23-12(26-11)21-10(24)8-5-7(16)3-4-9(8)25-2/h3-5H,6H2,1-2H3,(H,21,23,24). The van der Waals surface area contributed by atoms with E-state index in [4.69, 9.17) is 16.3 Å². The topological polar surface area (TPSA) is 64.1 Å². The van der Waals surface area contributed by atoms with E-state index in [1.165, 1.54) is 25.3 Å². The minimum atomic E-state index is -4.24. The Labute approximate surface area is 154 Å². The first kappa shape index (κ1) is 18.8. The van der Waals surface area contributed by atoms with Crippen molar-refractivity contribution in [1.82, 2.24) is 10.2 Å². The molecule has 11 heteroatoms. The number of hydrogen-bond acceptors (Lipinski definition) is 5. The lowest BCUT2D eigenvalue weighted by Gasteiger charge is -2.50. The fraction of sp³-hybridized carbons (Fsp3) is 0.400. The molecule has 5 nitrogen and oxygen atoms in total. The van der Waals surface area contributed by atoms with Crippen LogP contribution in [0.3, 0.4) is 0 Å².